The second-order valence-corrected chi connectivity index (χ2v) is 7.14. The summed E-state index contributed by atoms with van der Waals surface area (Å²) in [4.78, 5) is 24.7. The summed E-state index contributed by atoms with van der Waals surface area (Å²) in [7, 11) is 0. The van der Waals surface area contributed by atoms with Crippen molar-refractivity contribution in [2.75, 3.05) is 37.7 Å². The van der Waals surface area contributed by atoms with Crippen molar-refractivity contribution >= 4 is 43.7 Å². The molecule has 1 amide bonds. The van der Waals surface area contributed by atoms with E-state index in [9.17, 15) is 4.79 Å². The summed E-state index contributed by atoms with van der Waals surface area (Å²) >= 11 is 6.69. The van der Waals surface area contributed by atoms with E-state index in [0.717, 1.165) is 8.95 Å². The number of rotatable bonds is 4. The van der Waals surface area contributed by atoms with Crippen molar-refractivity contribution in [3.63, 3.8) is 0 Å². The van der Waals surface area contributed by atoms with Crippen LogP contribution >= 0.6 is 31.9 Å². The van der Waals surface area contributed by atoms with Crippen molar-refractivity contribution in [1.29, 1.82) is 0 Å². The largest absolute Gasteiger partial charge is 0.484 e. The molecular weight excluding hydrogens is 440 g/mol. The highest BCUT2D eigenvalue weighted by Gasteiger charge is 2.22. The number of carbonyl (C=O) groups is 1. The molecule has 0 aliphatic carbocycles. The highest BCUT2D eigenvalue weighted by atomic mass is 79.9. The Labute approximate surface area is 157 Å². The molecule has 1 fully saturated rings. The lowest BCUT2D eigenvalue weighted by atomic mass is 10.3. The van der Waals surface area contributed by atoms with Crippen molar-refractivity contribution < 1.29 is 9.53 Å². The molecule has 1 aromatic heterocycles. The molecule has 2 aromatic rings. The van der Waals surface area contributed by atoms with E-state index in [4.69, 9.17) is 4.74 Å². The molecule has 2 heterocycles. The molecule has 1 aliphatic rings. The zero-order valence-electron chi connectivity index (χ0n) is 12.9. The molecule has 8 heteroatoms. The van der Waals surface area contributed by atoms with Crippen molar-refractivity contribution in [3.05, 3.63) is 45.6 Å². The van der Waals surface area contributed by atoms with Gasteiger partial charge in [-0.3, -0.25) is 4.79 Å². The molecule has 126 valence electrons. The Morgan fingerprint density at radius 3 is 2.25 bits per heavy atom. The van der Waals surface area contributed by atoms with Gasteiger partial charge < -0.3 is 14.5 Å². The average molecular weight is 456 g/mol. The summed E-state index contributed by atoms with van der Waals surface area (Å²) in [5, 5.41) is 0. The number of piperazine rings is 1. The Kier molecular flexibility index (Phi) is 5.68. The summed E-state index contributed by atoms with van der Waals surface area (Å²) < 4.78 is 7.38. The second kappa shape index (κ2) is 7.94. The van der Waals surface area contributed by atoms with Crippen molar-refractivity contribution in [1.82, 2.24) is 14.9 Å². The lowest BCUT2D eigenvalue weighted by Crippen LogP contribution is -2.50. The Balaban J connectivity index is 1.48. The molecule has 24 heavy (non-hydrogen) atoms. The first kappa shape index (κ1) is 17.2. The van der Waals surface area contributed by atoms with Crippen LogP contribution in [0.2, 0.25) is 0 Å². The van der Waals surface area contributed by atoms with E-state index in [1.807, 2.05) is 29.2 Å². The molecule has 0 bridgehead atoms. The topological polar surface area (TPSA) is 58.6 Å². The second-order valence-electron chi connectivity index (χ2n) is 5.31. The molecule has 0 saturated carbocycles. The van der Waals surface area contributed by atoms with Gasteiger partial charge in [0, 0.05) is 43.0 Å². The highest BCUT2D eigenvalue weighted by molar-refractivity contribution is 9.10. The number of hydrogen-bond donors (Lipinski definition) is 0. The van der Waals surface area contributed by atoms with Crippen LogP contribution in [-0.2, 0) is 4.79 Å². The number of nitrogens with zero attached hydrogens (tertiary/aromatic N) is 4. The summed E-state index contributed by atoms with van der Waals surface area (Å²) in [6.07, 6.45) is 3.46. The zero-order valence-corrected chi connectivity index (χ0v) is 16.0. The predicted molar refractivity (Wildman–Crippen MR) is 98.2 cm³/mol. The molecule has 0 spiro atoms. The van der Waals surface area contributed by atoms with Gasteiger partial charge >= 0.3 is 0 Å². The minimum Gasteiger partial charge on any atom is -0.484 e. The molecule has 0 radical (unpaired) electrons. The molecule has 0 N–H and O–H groups in total. The van der Waals surface area contributed by atoms with E-state index < -0.39 is 0 Å². The minimum atomic E-state index is -0.00528. The number of halogens is 2. The molecule has 6 nitrogen and oxygen atoms in total. The van der Waals surface area contributed by atoms with Gasteiger partial charge in [0.15, 0.2) is 6.61 Å². The maximum atomic E-state index is 12.3. The molecule has 3 rings (SSSR count). The van der Waals surface area contributed by atoms with Gasteiger partial charge in [-0.15, -0.1) is 0 Å². The molecule has 1 aliphatic heterocycles. The van der Waals surface area contributed by atoms with Gasteiger partial charge in [0.25, 0.3) is 5.91 Å². The third kappa shape index (κ3) is 4.45. The number of benzene rings is 1. The molecule has 1 aromatic carbocycles. The number of carbonyl (C=O) groups excluding carboxylic acids is 1. The normalized spacial score (nSPS) is 14.6. The average Bonchev–Trinajstić information content (AvgIpc) is 2.62. The van der Waals surface area contributed by atoms with Gasteiger partial charge in [0.1, 0.15) is 5.75 Å². The Hall–Kier alpha value is -1.67. The van der Waals surface area contributed by atoms with Gasteiger partial charge in [-0.2, -0.15) is 0 Å². The van der Waals surface area contributed by atoms with Crippen LogP contribution in [0, 0.1) is 0 Å². The van der Waals surface area contributed by atoms with Gasteiger partial charge in [-0.1, -0.05) is 15.9 Å². The molecule has 0 unspecified atom stereocenters. The first-order valence-corrected chi connectivity index (χ1v) is 9.09. The van der Waals surface area contributed by atoms with Crippen LogP contribution in [-0.4, -0.2) is 53.6 Å². The number of amides is 1. The Morgan fingerprint density at radius 1 is 1.00 bits per heavy atom. The Bertz CT molecular complexity index is 686. The quantitative estimate of drug-likeness (QED) is 0.709. The third-order valence-corrected chi connectivity index (χ3v) is 4.64. The summed E-state index contributed by atoms with van der Waals surface area (Å²) in [5.41, 5.74) is 0. The maximum Gasteiger partial charge on any atom is 0.260 e. The van der Waals surface area contributed by atoms with E-state index in [-0.39, 0.29) is 12.5 Å². The SMILES string of the molecule is O=C(COc1ccc(Br)cc1)N1CCN(c2ncc(Br)cn2)CC1. The van der Waals surface area contributed by atoms with Gasteiger partial charge in [-0.05, 0) is 40.2 Å². The van der Waals surface area contributed by atoms with Crippen LogP contribution in [0.4, 0.5) is 5.95 Å². The number of aromatic nitrogens is 2. The third-order valence-electron chi connectivity index (χ3n) is 3.70. The van der Waals surface area contributed by atoms with Crippen molar-refractivity contribution in [2.45, 2.75) is 0 Å². The fourth-order valence-corrected chi connectivity index (χ4v) is 2.86. The molecular formula is C16H16Br2N4O2. The fraction of sp³-hybridized carbons (Fsp3) is 0.312. The van der Waals surface area contributed by atoms with Gasteiger partial charge in [0.2, 0.25) is 5.95 Å². The lowest BCUT2D eigenvalue weighted by molar-refractivity contribution is -0.133. The number of anilines is 1. The smallest absolute Gasteiger partial charge is 0.260 e. The van der Waals surface area contributed by atoms with Gasteiger partial charge in [0.05, 0.1) is 4.47 Å². The van der Waals surface area contributed by atoms with E-state index in [0.29, 0.717) is 37.9 Å². The molecule has 1 saturated heterocycles. The highest BCUT2D eigenvalue weighted by Crippen LogP contribution is 2.17. The van der Waals surface area contributed by atoms with Crippen LogP contribution in [0.25, 0.3) is 0 Å². The monoisotopic (exact) mass is 454 g/mol. The summed E-state index contributed by atoms with van der Waals surface area (Å²) in [6.45, 7) is 2.76. The van der Waals surface area contributed by atoms with Crippen molar-refractivity contribution in [2.24, 2.45) is 0 Å². The van der Waals surface area contributed by atoms with E-state index in [1.165, 1.54) is 0 Å². The standard InChI is InChI=1S/C16H16Br2N4O2/c17-12-1-3-14(4-2-12)24-11-15(23)21-5-7-22(8-6-21)16-19-9-13(18)10-20-16/h1-4,9-10H,5-8,11H2. The van der Waals surface area contributed by atoms with E-state index in [1.54, 1.807) is 12.4 Å². The summed E-state index contributed by atoms with van der Waals surface area (Å²) in [5.74, 6) is 1.37. The van der Waals surface area contributed by atoms with Gasteiger partial charge in [-0.25, -0.2) is 9.97 Å². The molecule has 0 atom stereocenters. The van der Waals surface area contributed by atoms with Crippen LogP contribution in [0.5, 0.6) is 5.75 Å². The van der Waals surface area contributed by atoms with E-state index in [2.05, 4.69) is 46.7 Å². The Morgan fingerprint density at radius 2 is 1.62 bits per heavy atom. The summed E-state index contributed by atoms with van der Waals surface area (Å²) in [6, 6.07) is 7.44. The fourth-order valence-electron chi connectivity index (χ4n) is 2.39. The number of ether oxygens (including phenoxy) is 1. The van der Waals surface area contributed by atoms with Crippen LogP contribution in [0.15, 0.2) is 45.6 Å². The van der Waals surface area contributed by atoms with E-state index >= 15 is 0 Å². The zero-order chi connectivity index (χ0) is 16.9. The van der Waals surface area contributed by atoms with Crippen LogP contribution in [0.3, 0.4) is 0 Å². The maximum absolute atomic E-state index is 12.3. The first-order chi connectivity index (χ1) is 11.6. The number of hydrogen-bond acceptors (Lipinski definition) is 5. The first-order valence-electron chi connectivity index (χ1n) is 7.50. The lowest BCUT2D eigenvalue weighted by Gasteiger charge is -2.34. The van der Waals surface area contributed by atoms with Crippen LogP contribution < -0.4 is 9.64 Å². The minimum absolute atomic E-state index is 0.00528. The van der Waals surface area contributed by atoms with Crippen LogP contribution in [0.1, 0.15) is 0 Å². The predicted octanol–water partition coefficient (Wildman–Crippen LogP) is 2.73. The van der Waals surface area contributed by atoms with Crippen molar-refractivity contribution in [3.8, 4) is 5.75 Å².